The highest BCUT2D eigenvalue weighted by Crippen LogP contribution is 2.34. The highest BCUT2D eigenvalue weighted by Gasteiger charge is 2.45. The summed E-state index contributed by atoms with van der Waals surface area (Å²) < 4.78 is 48.6. The molecule has 4 amide bonds. The third kappa shape index (κ3) is 17.5. The highest BCUT2D eigenvalue weighted by atomic mass is 32.2. The lowest BCUT2D eigenvalue weighted by atomic mass is 10.0. The summed E-state index contributed by atoms with van der Waals surface area (Å²) in [5.74, 6) is -0.643. The number of fused-ring (bicyclic) bond motifs is 1. The number of Topliss-reactive ketones (excluding diaryl/α,β-unsaturated/α-hetero) is 2. The van der Waals surface area contributed by atoms with Crippen LogP contribution in [-0.4, -0.2) is 148 Å². The molecule has 2 saturated heterocycles. The van der Waals surface area contributed by atoms with E-state index in [-0.39, 0.29) is 82.7 Å². The Hall–Kier alpha value is -7.07. The summed E-state index contributed by atoms with van der Waals surface area (Å²) in [5, 5.41) is 9.12. The van der Waals surface area contributed by atoms with Crippen LogP contribution < -0.4 is 25.6 Å². The number of hydrogen-bond acceptors (Lipinski definition) is 17. The summed E-state index contributed by atoms with van der Waals surface area (Å²) in [6, 6.07) is 18.4. The first-order valence-corrected chi connectivity index (χ1v) is 28.7. The van der Waals surface area contributed by atoms with E-state index < -0.39 is 33.6 Å². The Kier molecular flexibility index (Phi) is 21.3. The predicted molar refractivity (Wildman–Crippen MR) is 299 cm³/mol. The molecular weight excluding hydrogens is 1030 g/mol. The maximum atomic E-state index is 13.3. The summed E-state index contributed by atoms with van der Waals surface area (Å²) in [5.41, 5.74) is 3.58. The van der Waals surface area contributed by atoms with Gasteiger partial charge in [0.25, 0.3) is 11.8 Å². The number of nitrogens with one attached hydrogen (secondary N) is 3. The molecule has 2 fully saturated rings. The third-order valence-corrected chi connectivity index (χ3v) is 15.7. The fourth-order valence-corrected chi connectivity index (χ4v) is 11.2. The lowest BCUT2D eigenvalue weighted by molar-refractivity contribution is -0.133. The van der Waals surface area contributed by atoms with Gasteiger partial charge in [0.2, 0.25) is 17.8 Å². The van der Waals surface area contributed by atoms with E-state index in [9.17, 15) is 37.2 Å². The normalized spacial score (nSPS) is 15.7. The Bertz CT molecular complexity index is 2940. The zero-order chi connectivity index (χ0) is 56.5. The van der Waals surface area contributed by atoms with Crippen LogP contribution in [-0.2, 0) is 43.2 Å². The first kappa shape index (κ1) is 59.6. The van der Waals surface area contributed by atoms with Crippen molar-refractivity contribution >= 4 is 73.9 Å². The van der Waals surface area contributed by atoms with Crippen molar-refractivity contribution in [2.75, 3.05) is 93.7 Å². The number of benzene rings is 3. The Labute approximate surface area is 462 Å². The summed E-state index contributed by atoms with van der Waals surface area (Å²) >= 11 is 0. The summed E-state index contributed by atoms with van der Waals surface area (Å²) in [6.07, 6.45) is 6.19. The molecule has 424 valence electrons. The van der Waals surface area contributed by atoms with Crippen molar-refractivity contribution in [3.8, 4) is 5.75 Å². The van der Waals surface area contributed by atoms with Gasteiger partial charge in [-0.15, -0.1) is 0 Å². The Morgan fingerprint density at radius 2 is 1.42 bits per heavy atom. The second-order valence-electron chi connectivity index (χ2n) is 21.2. The van der Waals surface area contributed by atoms with Crippen LogP contribution in [0.15, 0.2) is 90.1 Å². The lowest BCUT2D eigenvalue weighted by Crippen LogP contribution is -2.51. The first-order chi connectivity index (χ1) is 37.8. The molecule has 0 bridgehead atoms. The molecule has 0 saturated carbocycles. The number of anilines is 5. The van der Waals surface area contributed by atoms with E-state index in [4.69, 9.17) is 18.9 Å². The van der Waals surface area contributed by atoms with Crippen molar-refractivity contribution in [1.82, 2.24) is 25.1 Å². The van der Waals surface area contributed by atoms with E-state index >= 15 is 0 Å². The van der Waals surface area contributed by atoms with Gasteiger partial charge >= 0.3 is 0 Å². The van der Waals surface area contributed by atoms with Gasteiger partial charge in [0.1, 0.15) is 30.0 Å². The quantitative estimate of drug-likeness (QED) is 0.0338. The topological polar surface area (TPSA) is 245 Å². The van der Waals surface area contributed by atoms with Gasteiger partial charge in [0, 0.05) is 99.6 Å². The molecule has 3 aromatic carbocycles. The molecule has 4 aromatic rings. The van der Waals surface area contributed by atoms with Crippen LogP contribution >= 0.6 is 0 Å². The Morgan fingerprint density at radius 1 is 0.759 bits per heavy atom. The maximum Gasteiger partial charge on any atom is 0.266 e. The van der Waals surface area contributed by atoms with Gasteiger partial charge in [-0.1, -0.05) is 39.5 Å². The smallest absolute Gasteiger partial charge is 0.266 e. The van der Waals surface area contributed by atoms with Crippen molar-refractivity contribution < 1.29 is 56.1 Å². The number of unbranched alkanes of at least 4 members (excludes halogenated alkanes) is 2. The minimum atomic E-state index is -3.47. The van der Waals surface area contributed by atoms with Gasteiger partial charge in [-0.25, -0.2) is 13.4 Å². The van der Waals surface area contributed by atoms with Gasteiger partial charge in [-0.3, -0.25) is 33.7 Å². The van der Waals surface area contributed by atoms with Gasteiger partial charge < -0.3 is 44.7 Å². The van der Waals surface area contributed by atoms with E-state index in [0.717, 1.165) is 28.3 Å². The molecule has 7 rings (SSSR count). The van der Waals surface area contributed by atoms with Crippen molar-refractivity contribution in [3.05, 3.63) is 102 Å². The number of allylic oxidation sites excluding steroid dienone is 1. The molecule has 3 aliphatic rings. The van der Waals surface area contributed by atoms with Crippen LogP contribution in [0.25, 0.3) is 0 Å². The Balaban J connectivity index is 0.670. The lowest BCUT2D eigenvalue weighted by Gasteiger charge is -2.36. The van der Waals surface area contributed by atoms with Gasteiger partial charge in [-0.2, -0.15) is 4.98 Å². The molecule has 4 heterocycles. The number of carbonyl (C=O) groups is 6. The van der Waals surface area contributed by atoms with Gasteiger partial charge in [0.15, 0.2) is 15.6 Å². The number of sulfone groups is 1. The minimum absolute atomic E-state index is 0.00976. The van der Waals surface area contributed by atoms with E-state index in [0.29, 0.717) is 121 Å². The van der Waals surface area contributed by atoms with Gasteiger partial charge in [0.05, 0.1) is 48.2 Å². The van der Waals surface area contributed by atoms with Crippen LogP contribution in [0.2, 0.25) is 0 Å². The molecule has 0 spiro atoms. The van der Waals surface area contributed by atoms with Crippen LogP contribution in [0.5, 0.6) is 5.75 Å². The van der Waals surface area contributed by atoms with E-state index in [2.05, 4.69) is 37.4 Å². The number of aromatic nitrogens is 2. The van der Waals surface area contributed by atoms with E-state index in [1.807, 2.05) is 56.9 Å². The number of nitrogens with zero attached hydrogens (tertiary/aromatic N) is 5. The Morgan fingerprint density at radius 3 is 2.09 bits per heavy atom. The third-order valence-electron chi connectivity index (χ3n) is 13.5. The summed E-state index contributed by atoms with van der Waals surface area (Å²) in [6.45, 7) is 16.1. The van der Waals surface area contributed by atoms with Crippen LogP contribution in [0.4, 0.5) is 28.8 Å². The standard InChI is InChI=1S/C58H74N8O12S/c1-40-37-59-57(63-53(40)61-43-12-10-15-47(36-43)79(73,74)39-58(3,4)5)62-42-19-21-44(22-20-42)64-26-28-65(29-27-64)51(69)25-23-45(67)13-6-8-30-75-32-34-77-35-33-76-31-9-7-14-46(68)38-78-50-17-11-16-48-52(50)56(72)66(55(48)71)49-24-18-41(2)60-54(49)70/h10-12,15-17,19-22,36-37,49H,2,6-9,13-14,18,23-35,38-39H2,1,3-5H3,(H,60,70)(H2,59,61,62,63). The number of rotatable bonds is 30. The van der Waals surface area contributed by atoms with Crippen LogP contribution in [0, 0.1) is 12.3 Å². The molecular formula is C58H74N8O12S. The van der Waals surface area contributed by atoms with E-state index in [1.165, 1.54) is 12.1 Å². The SMILES string of the molecule is C=C1CCC(N2C(=O)c3cccc(OCC(=O)CCCCOCCOCCOCCCCC(=O)CCC(=O)N4CCN(c5ccc(Nc6ncc(C)c(Nc7cccc(S(=O)(=O)CC(C)(C)C)c7)n6)cc5)CC4)c3C2=O)C(=O)N1. The number of ether oxygens (including phenoxy) is 4. The summed E-state index contributed by atoms with van der Waals surface area (Å²) in [4.78, 5) is 91.5. The maximum absolute atomic E-state index is 13.3. The van der Waals surface area contributed by atoms with Crippen molar-refractivity contribution in [3.63, 3.8) is 0 Å². The second-order valence-corrected chi connectivity index (χ2v) is 23.2. The molecule has 1 aromatic heterocycles. The predicted octanol–water partition coefficient (Wildman–Crippen LogP) is 7.52. The van der Waals surface area contributed by atoms with E-state index in [1.54, 1.807) is 36.5 Å². The number of piperazine rings is 1. The number of hydrogen-bond donors (Lipinski definition) is 3. The molecule has 20 nitrogen and oxygen atoms in total. The average Bonchev–Trinajstić information content (AvgIpc) is 3.73. The number of ketones is 2. The molecule has 79 heavy (non-hydrogen) atoms. The number of carbonyl (C=O) groups excluding carboxylic acids is 6. The molecule has 0 aliphatic carbocycles. The zero-order valence-electron chi connectivity index (χ0n) is 45.8. The monoisotopic (exact) mass is 1110 g/mol. The number of imide groups is 1. The molecule has 1 atom stereocenters. The highest BCUT2D eigenvalue weighted by molar-refractivity contribution is 7.91. The fraction of sp³-hybridized carbons (Fsp3) is 0.483. The van der Waals surface area contributed by atoms with Crippen LogP contribution in [0.3, 0.4) is 0 Å². The molecule has 1 unspecified atom stereocenters. The second kappa shape index (κ2) is 28.2. The largest absolute Gasteiger partial charge is 0.485 e. The molecule has 3 aliphatic heterocycles. The molecule has 21 heteroatoms. The van der Waals surface area contributed by atoms with Gasteiger partial charge in [-0.05, 0) is 105 Å². The number of amides is 4. The van der Waals surface area contributed by atoms with Crippen molar-refractivity contribution in [1.29, 1.82) is 0 Å². The first-order valence-electron chi connectivity index (χ1n) is 27.1. The van der Waals surface area contributed by atoms with Crippen LogP contribution in [0.1, 0.15) is 111 Å². The van der Waals surface area contributed by atoms with Crippen molar-refractivity contribution in [2.24, 2.45) is 5.41 Å². The number of piperidine rings is 1. The summed E-state index contributed by atoms with van der Waals surface area (Å²) in [7, 11) is -3.47. The number of aryl methyl sites for hydroxylation is 1. The zero-order valence-corrected chi connectivity index (χ0v) is 46.6. The molecule has 0 radical (unpaired) electrons. The average molecular weight is 1110 g/mol. The minimum Gasteiger partial charge on any atom is -0.485 e. The molecule has 3 N–H and O–H groups in total. The van der Waals surface area contributed by atoms with Crippen molar-refractivity contribution in [2.45, 2.75) is 103 Å². The fourth-order valence-electron chi connectivity index (χ4n) is 9.32.